The number of carbonyl (C=O) groups is 1. The zero-order chi connectivity index (χ0) is 10.1. The van der Waals surface area contributed by atoms with Gasteiger partial charge in [0.2, 0.25) is 0 Å². The van der Waals surface area contributed by atoms with Gasteiger partial charge in [0.1, 0.15) is 4.88 Å². The topological polar surface area (TPSA) is 65.2 Å². The van der Waals surface area contributed by atoms with E-state index in [1.165, 1.54) is 11.3 Å². The molecule has 4 nitrogen and oxygen atoms in total. The number of nitrogens with zero attached hydrogens (tertiary/aromatic N) is 1. The first-order valence-electron chi connectivity index (χ1n) is 4.65. The summed E-state index contributed by atoms with van der Waals surface area (Å²) < 4.78 is 4.94. The van der Waals surface area contributed by atoms with Crippen molar-refractivity contribution in [1.29, 1.82) is 0 Å². The standard InChI is InChI=1S/C9H12N2O2S/c1-2-13-8(12)7-6(5-3-4-5)11-9(10)14-7/h5H,2-4H2,1H3,(H2,10,11). The van der Waals surface area contributed by atoms with Crippen LogP contribution in [0.5, 0.6) is 0 Å². The Morgan fingerprint density at radius 3 is 3.00 bits per heavy atom. The van der Waals surface area contributed by atoms with Gasteiger partial charge in [-0.1, -0.05) is 11.3 Å². The molecular weight excluding hydrogens is 200 g/mol. The van der Waals surface area contributed by atoms with Crippen LogP contribution in [-0.2, 0) is 4.74 Å². The Bertz CT molecular complexity index is 358. The van der Waals surface area contributed by atoms with E-state index in [1.807, 2.05) is 0 Å². The molecule has 1 aromatic heterocycles. The summed E-state index contributed by atoms with van der Waals surface area (Å²) in [7, 11) is 0. The first kappa shape index (κ1) is 9.45. The Labute approximate surface area is 86.1 Å². The minimum Gasteiger partial charge on any atom is -0.462 e. The number of aromatic nitrogens is 1. The SMILES string of the molecule is CCOC(=O)c1sc(N)nc1C1CC1. The maximum atomic E-state index is 11.5. The van der Waals surface area contributed by atoms with Crippen LogP contribution in [0.1, 0.15) is 41.0 Å². The van der Waals surface area contributed by atoms with Crippen molar-refractivity contribution in [3.8, 4) is 0 Å². The molecule has 0 atom stereocenters. The van der Waals surface area contributed by atoms with Gasteiger partial charge in [-0.3, -0.25) is 0 Å². The minimum atomic E-state index is -0.288. The first-order valence-corrected chi connectivity index (χ1v) is 5.47. The molecule has 0 spiro atoms. The Balaban J connectivity index is 2.26. The van der Waals surface area contributed by atoms with Crippen LogP contribution in [0.25, 0.3) is 0 Å². The Kier molecular flexibility index (Phi) is 2.41. The number of hydrogen-bond acceptors (Lipinski definition) is 5. The number of nitrogens with two attached hydrogens (primary N) is 1. The summed E-state index contributed by atoms with van der Waals surface area (Å²) in [6.45, 7) is 2.18. The third-order valence-electron chi connectivity index (χ3n) is 2.09. The van der Waals surface area contributed by atoms with Crippen LogP contribution in [0.3, 0.4) is 0 Å². The number of carbonyl (C=O) groups excluding carboxylic acids is 1. The second-order valence-corrected chi connectivity index (χ2v) is 4.29. The van der Waals surface area contributed by atoms with Gasteiger partial charge >= 0.3 is 5.97 Å². The third kappa shape index (κ3) is 1.72. The van der Waals surface area contributed by atoms with Crippen molar-refractivity contribution in [3.63, 3.8) is 0 Å². The van der Waals surface area contributed by atoms with Crippen molar-refractivity contribution < 1.29 is 9.53 Å². The Morgan fingerprint density at radius 2 is 2.43 bits per heavy atom. The summed E-state index contributed by atoms with van der Waals surface area (Å²) in [5.41, 5.74) is 6.42. The average molecular weight is 212 g/mol. The molecule has 14 heavy (non-hydrogen) atoms. The highest BCUT2D eigenvalue weighted by atomic mass is 32.1. The molecule has 2 rings (SSSR count). The molecule has 1 aliphatic rings. The van der Waals surface area contributed by atoms with Crippen LogP contribution in [0, 0.1) is 0 Å². The highest BCUT2D eigenvalue weighted by Crippen LogP contribution is 2.43. The molecule has 0 radical (unpaired) electrons. The zero-order valence-corrected chi connectivity index (χ0v) is 8.76. The van der Waals surface area contributed by atoms with Crippen molar-refractivity contribution in [2.24, 2.45) is 0 Å². The summed E-state index contributed by atoms with van der Waals surface area (Å²) in [6, 6.07) is 0. The lowest BCUT2D eigenvalue weighted by Gasteiger charge is -1.99. The van der Waals surface area contributed by atoms with Gasteiger partial charge in [-0.25, -0.2) is 9.78 Å². The average Bonchev–Trinajstić information content (AvgIpc) is 2.90. The van der Waals surface area contributed by atoms with E-state index < -0.39 is 0 Å². The Hall–Kier alpha value is -1.10. The second-order valence-electron chi connectivity index (χ2n) is 3.26. The van der Waals surface area contributed by atoms with Gasteiger partial charge in [-0.15, -0.1) is 0 Å². The van der Waals surface area contributed by atoms with E-state index in [4.69, 9.17) is 10.5 Å². The molecule has 1 aromatic rings. The number of esters is 1. The van der Waals surface area contributed by atoms with E-state index in [-0.39, 0.29) is 5.97 Å². The maximum absolute atomic E-state index is 11.5. The molecule has 5 heteroatoms. The van der Waals surface area contributed by atoms with Crippen molar-refractivity contribution >= 4 is 22.4 Å². The van der Waals surface area contributed by atoms with Gasteiger partial charge in [-0.2, -0.15) is 0 Å². The van der Waals surface area contributed by atoms with Crippen molar-refractivity contribution in [2.45, 2.75) is 25.7 Å². The van der Waals surface area contributed by atoms with Crippen LogP contribution >= 0.6 is 11.3 Å². The highest BCUT2D eigenvalue weighted by Gasteiger charge is 2.32. The molecule has 0 aromatic carbocycles. The molecule has 0 amide bonds. The van der Waals surface area contributed by atoms with Crippen molar-refractivity contribution in [2.75, 3.05) is 12.3 Å². The first-order chi connectivity index (χ1) is 6.72. The summed E-state index contributed by atoms with van der Waals surface area (Å²) in [5.74, 6) is 0.145. The third-order valence-corrected chi connectivity index (χ3v) is 2.98. The van der Waals surface area contributed by atoms with Gasteiger partial charge in [-0.05, 0) is 19.8 Å². The zero-order valence-electron chi connectivity index (χ0n) is 7.95. The second kappa shape index (κ2) is 3.57. The molecular formula is C9H12N2O2S. The van der Waals surface area contributed by atoms with Crippen LogP contribution in [-0.4, -0.2) is 17.6 Å². The smallest absolute Gasteiger partial charge is 0.350 e. The fraction of sp³-hybridized carbons (Fsp3) is 0.556. The molecule has 0 saturated heterocycles. The minimum absolute atomic E-state index is 0.288. The van der Waals surface area contributed by atoms with Crippen LogP contribution < -0.4 is 5.73 Å². The number of nitrogen functional groups attached to an aromatic ring is 1. The van der Waals surface area contributed by atoms with E-state index >= 15 is 0 Å². The summed E-state index contributed by atoms with van der Waals surface area (Å²) in [5, 5.41) is 0.454. The predicted octanol–water partition coefficient (Wildman–Crippen LogP) is 1.78. The number of hydrogen-bond donors (Lipinski definition) is 1. The lowest BCUT2D eigenvalue weighted by Crippen LogP contribution is -2.05. The van der Waals surface area contributed by atoms with E-state index in [1.54, 1.807) is 6.92 Å². The van der Waals surface area contributed by atoms with Crippen LogP contribution in [0.4, 0.5) is 5.13 Å². The van der Waals surface area contributed by atoms with Crippen molar-refractivity contribution in [1.82, 2.24) is 4.98 Å². The quantitative estimate of drug-likeness (QED) is 0.775. The van der Waals surface area contributed by atoms with Gasteiger partial charge < -0.3 is 10.5 Å². The molecule has 0 unspecified atom stereocenters. The number of ether oxygens (including phenoxy) is 1. The number of anilines is 1. The fourth-order valence-corrected chi connectivity index (χ4v) is 2.14. The van der Waals surface area contributed by atoms with E-state index in [9.17, 15) is 4.79 Å². The van der Waals surface area contributed by atoms with E-state index in [0.717, 1.165) is 18.5 Å². The number of thiazole rings is 1. The highest BCUT2D eigenvalue weighted by molar-refractivity contribution is 7.17. The van der Waals surface area contributed by atoms with Gasteiger partial charge in [0.15, 0.2) is 5.13 Å². The summed E-state index contributed by atoms with van der Waals surface area (Å²) >= 11 is 1.22. The summed E-state index contributed by atoms with van der Waals surface area (Å²) in [4.78, 5) is 16.3. The fourth-order valence-electron chi connectivity index (χ4n) is 1.33. The molecule has 0 aliphatic heterocycles. The van der Waals surface area contributed by atoms with Gasteiger partial charge in [0.25, 0.3) is 0 Å². The Morgan fingerprint density at radius 1 is 1.71 bits per heavy atom. The normalized spacial score (nSPS) is 15.5. The lowest BCUT2D eigenvalue weighted by molar-refractivity contribution is 0.0530. The van der Waals surface area contributed by atoms with E-state index in [2.05, 4.69) is 4.98 Å². The van der Waals surface area contributed by atoms with Crippen molar-refractivity contribution in [3.05, 3.63) is 10.6 Å². The molecule has 1 saturated carbocycles. The number of rotatable bonds is 3. The maximum Gasteiger partial charge on any atom is 0.350 e. The predicted molar refractivity (Wildman–Crippen MR) is 54.5 cm³/mol. The van der Waals surface area contributed by atoms with Crippen LogP contribution in [0.2, 0.25) is 0 Å². The van der Waals surface area contributed by atoms with Gasteiger partial charge in [0, 0.05) is 5.92 Å². The van der Waals surface area contributed by atoms with E-state index in [0.29, 0.717) is 22.5 Å². The van der Waals surface area contributed by atoms with Gasteiger partial charge in [0.05, 0.1) is 12.3 Å². The molecule has 2 N–H and O–H groups in total. The molecule has 1 aliphatic carbocycles. The largest absolute Gasteiger partial charge is 0.462 e. The molecule has 0 bridgehead atoms. The molecule has 1 fully saturated rings. The molecule has 76 valence electrons. The summed E-state index contributed by atoms with van der Waals surface area (Å²) in [6.07, 6.45) is 2.21. The lowest BCUT2D eigenvalue weighted by atomic mass is 10.2. The monoisotopic (exact) mass is 212 g/mol. The molecule has 1 heterocycles. The van der Waals surface area contributed by atoms with Crippen LogP contribution in [0.15, 0.2) is 0 Å².